The summed E-state index contributed by atoms with van der Waals surface area (Å²) < 4.78 is 56.8. The fourth-order valence-electron chi connectivity index (χ4n) is 4.84. The Hall–Kier alpha value is -1.91. The molecule has 1 saturated carbocycles. The average Bonchev–Trinajstić information content (AvgIpc) is 3.38. The zero-order chi connectivity index (χ0) is 23.6. The predicted octanol–water partition coefficient (Wildman–Crippen LogP) is 3.39. The van der Waals surface area contributed by atoms with E-state index in [2.05, 4.69) is 4.72 Å². The van der Waals surface area contributed by atoms with Gasteiger partial charge in [-0.25, -0.2) is 26.2 Å². The zero-order valence-corrected chi connectivity index (χ0v) is 21.0. The molecule has 1 aliphatic heterocycles. The molecule has 0 saturated heterocycles. The summed E-state index contributed by atoms with van der Waals surface area (Å²) in [5.41, 5.74) is 1.70. The smallest absolute Gasteiger partial charge is 0.240 e. The molecule has 1 N–H and O–H groups in total. The highest BCUT2D eigenvalue weighted by Gasteiger charge is 2.33. The Morgan fingerprint density at radius 1 is 1.06 bits per heavy atom. The minimum absolute atomic E-state index is 0.174. The van der Waals surface area contributed by atoms with Gasteiger partial charge >= 0.3 is 0 Å². The Labute approximate surface area is 197 Å². The van der Waals surface area contributed by atoms with Crippen molar-refractivity contribution in [2.75, 3.05) is 23.1 Å². The number of hydrogen-bond acceptors (Lipinski definition) is 5. The molecule has 0 atom stereocenters. The van der Waals surface area contributed by atoms with E-state index in [0.29, 0.717) is 42.7 Å². The molecule has 1 aromatic heterocycles. The predicted molar refractivity (Wildman–Crippen MR) is 129 cm³/mol. The molecule has 10 heteroatoms. The van der Waals surface area contributed by atoms with Gasteiger partial charge in [-0.3, -0.25) is 4.31 Å². The van der Waals surface area contributed by atoms with E-state index < -0.39 is 20.0 Å². The number of sulfonamides is 2. The van der Waals surface area contributed by atoms with Crippen molar-refractivity contribution in [3.05, 3.63) is 41.6 Å². The lowest BCUT2D eigenvalue weighted by molar-refractivity contribution is 0.321. The number of hydrogen-bond donors (Lipinski definition) is 1. The first-order valence-electron chi connectivity index (χ1n) is 11.8. The Morgan fingerprint density at radius 2 is 1.79 bits per heavy atom. The molecule has 0 unspecified atom stereocenters. The monoisotopic (exact) mass is 494 g/mol. The van der Waals surface area contributed by atoms with Crippen LogP contribution in [-0.2, 0) is 26.6 Å². The third kappa shape index (κ3) is 5.27. The molecular weight excluding hydrogens is 460 g/mol. The normalized spacial score (nSPS) is 21.3. The standard InChI is InChI=1S/C23H34N4O4S2/c1-3-4-15-32(28,29)27-14-13-26-23(27)16-21(25-26)20-11-9-19(10-12-20)17-24-33(30,31)22-8-6-5-7-18(22)2/h5-8,16,19-20,24H,3-4,9-15,17H2,1-2H3. The summed E-state index contributed by atoms with van der Waals surface area (Å²) in [6.45, 7) is 5.29. The van der Waals surface area contributed by atoms with Gasteiger partial charge < -0.3 is 0 Å². The number of rotatable bonds is 9. The van der Waals surface area contributed by atoms with Gasteiger partial charge in [0, 0.05) is 18.5 Å². The number of aryl methyl sites for hydroxylation is 1. The molecule has 33 heavy (non-hydrogen) atoms. The number of fused-ring (bicyclic) bond motifs is 1. The van der Waals surface area contributed by atoms with Gasteiger partial charge in [-0.05, 0) is 56.6 Å². The van der Waals surface area contributed by atoms with Gasteiger partial charge in [0.15, 0.2) is 0 Å². The van der Waals surface area contributed by atoms with Crippen molar-refractivity contribution in [1.29, 1.82) is 0 Å². The molecule has 8 nitrogen and oxygen atoms in total. The highest BCUT2D eigenvalue weighted by molar-refractivity contribution is 7.92. The van der Waals surface area contributed by atoms with Crippen LogP contribution in [0.3, 0.4) is 0 Å². The van der Waals surface area contributed by atoms with Crippen LogP contribution < -0.4 is 9.03 Å². The first-order chi connectivity index (χ1) is 15.7. The number of nitrogens with one attached hydrogen (secondary N) is 1. The Kier molecular flexibility index (Phi) is 7.16. The van der Waals surface area contributed by atoms with E-state index in [1.165, 1.54) is 4.31 Å². The SMILES string of the molecule is CCCCS(=O)(=O)N1CCn2nc(C3CCC(CNS(=O)(=O)c4ccccc4C)CC3)cc21. The molecule has 1 aromatic carbocycles. The largest absolute Gasteiger partial charge is 0.252 e. The lowest BCUT2D eigenvalue weighted by Gasteiger charge is -2.27. The minimum Gasteiger partial charge on any atom is -0.252 e. The maximum atomic E-state index is 12.7. The van der Waals surface area contributed by atoms with Crippen molar-refractivity contribution >= 4 is 25.9 Å². The van der Waals surface area contributed by atoms with Crippen LogP contribution in [-0.4, -0.2) is 45.5 Å². The molecule has 2 aromatic rings. The number of benzene rings is 1. The molecule has 0 spiro atoms. The van der Waals surface area contributed by atoms with Crippen LogP contribution in [0.15, 0.2) is 35.2 Å². The first-order valence-corrected chi connectivity index (χ1v) is 14.9. The Morgan fingerprint density at radius 3 is 2.48 bits per heavy atom. The molecular formula is C23H34N4O4S2. The molecule has 4 rings (SSSR count). The molecule has 182 valence electrons. The summed E-state index contributed by atoms with van der Waals surface area (Å²) in [7, 11) is -6.81. The van der Waals surface area contributed by atoms with Crippen LogP contribution in [0.25, 0.3) is 0 Å². The summed E-state index contributed by atoms with van der Waals surface area (Å²) in [5.74, 6) is 1.44. The van der Waals surface area contributed by atoms with Crippen molar-refractivity contribution in [2.24, 2.45) is 5.92 Å². The van der Waals surface area contributed by atoms with E-state index in [0.717, 1.165) is 43.4 Å². The van der Waals surface area contributed by atoms with Gasteiger partial charge in [0.25, 0.3) is 0 Å². The molecule has 1 aliphatic carbocycles. The third-order valence-electron chi connectivity index (χ3n) is 6.85. The van der Waals surface area contributed by atoms with Gasteiger partial charge in [0.1, 0.15) is 5.82 Å². The van der Waals surface area contributed by atoms with E-state index in [1.54, 1.807) is 25.1 Å². The Bertz CT molecular complexity index is 1180. The number of anilines is 1. The van der Waals surface area contributed by atoms with Crippen molar-refractivity contribution < 1.29 is 16.8 Å². The van der Waals surface area contributed by atoms with Crippen molar-refractivity contribution in [3.63, 3.8) is 0 Å². The molecule has 0 amide bonds. The quantitative estimate of drug-likeness (QED) is 0.576. The second-order valence-corrected chi connectivity index (χ2v) is 13.0. The van der Waals surface area contributed by atoms with Gasteiger partial charge in [0.2, 0.25) is 20.0 Å². The van der Waals surface area contributed by atoms with Crippen molar-refractivity contribution in [1.82, 2.24) is 14.5 Å². The van der Waals surface area contributed by atoms with Gasteiger partial charge in [-0.1, -0.05) is 31.5 Å². The van der Waals surface area contributed by atoms with E-state index >= 15 is 0 Å². The summed E-state index contributed by atoms with van der Waals surface area (Å²) in [5, 5.41) is 4.72. The summed E-state index contributed by atoms with van der Waals surface area (Å²) >= 11 is 0. The average molecular weight is 495 g/mol. The molecule has 0 bridgehead atoms. The highest BCUT2D eigenvalue weighted by Crippen LogP contribution is 2.37. The van der Waals surface area contributed by atoms with Crippen LogP contribution in [0.5, 0.6) is 0 Å². The van der Waals surface area contributed by atoms with Crippen LogP contribution in [0.4, 0.5) is 5.82 Å². The molecule has 2 heterocycles. The van der Waals surface area contributed by atoms with Crippen LogP contribution in [0, 0.1) is 12.8 Å². The Balaban J connectivity index is 1.34. The second kappa shape index (κ2) is 9.76. The molecule has 2 aliphatic rings. The summed E-state index contributed by atoms with van der Waals surface area (Å²) in [6, 6.07) is 8.96. The topological polar surface area (TPSA) is 101 Å². The highest BCUT2D eigenvalue weighted by atomic mass is 32.2. The molecule has 0 radical (unpaired) electrons. The van der Waals surface area contributed by atoms with Gasteiger partial charge in [-0.15, -0.1) is 0 Å². The second-order valence-electron chi connectivity index (χ2n) is 9.23. The van der Waals surface area contributed by atoms with Crippen LogP contribution in [0.2, 0.25) is 0 Å². The maximum Gasteiger partial charge on any atom is 0.240 e. The van der Waals surface area contributed by atoms with E-state index in [9.17, 15) is 16.8 Å². The van der Waals surface area contributed by atoms with E-state index in [4.69, 9.17) is 5.10 Å². The maximum absolute atomic E-state index is 12.7. The van der Waals surface area contributed by atoms with E-state index in [1.807, 2.05) is 23.7 Å². The van der Waals surface area contributed by atoms with Gasteiger partial charge in [-0.2, -0.15) is 5.10 Å². The number of nitrogens with zero attached hydrogens (tertiary/aromatic N) is 3. The van der Waals surface area contributed by atoms with Crippen LogP contribution in [0.1, 0.15) is 62.6 Å². The fourth-order valence-corrected chi connectivity index (χ4v) is 7.86. The number of unbranched alkanes of at least 4 members (excludes halogenated alkanes) is 1. The first kappa shape index (κ1) is 24.2. The zero-order valence-electron chi connectivity index (χ0n) is 19.4. The lowest BCUT2D eigenvalue weighted by Crippen LogP contribution is -2.32. The minimum atomic E-state index is -3.51. The number of aromatic nitrogens is 2. The fraction of sp³-hybridized carbons (Fsp3) is 0.609. The summed E-state index contributed by atoms with van der Waals surface area (Å²) in [4.78, 5) is 0.338. The van der Waals surface area contributed by atoms with E-state index in [-0.39, 0.29) is 11.7 Å². The summed E-state index contributed by atoms with van der Waals surface area (Å²) in [6.07, 6.45) is 5.20. The van der Waals surface area contributed by atoms with Gasteiger partial charge in [0.05, 0.1) is 29.4 Å². The third-order valence-corrected chi connectivity index (χ3v) is 10.3. The lowest BCUT2D eigenvalue weighted by atomic mass is 9.80. The van der Waals surface area contributed by atoms with Crippen molar-refractivity contribution in [2.45, 2.75) is 69.7 Å². The molecule has 1 fully saturated rings. The van der Waals surface area contributed by atoms with Crippen LogP contribution >= 0.6 is 0 Å². The van der Waals surface area contributed by atoms with Crippen molar-refractivity contribution in [3.8, 4) is 0 Å².